The van der Waals surface area contributed by atoms with Crippen molar-refractivity contribution in [3.63, 3.8) is 0 Å². The molecular formula is C33H42B2N2O4. The van der Waals surface area contributed by atoms with Gasteiger partial charge in [0.25, 0.3) is 0 Å². The van der Waals surface area contributed by atoms with Gasteiger partial charge in [0.15, 0.2) is 0 Å². The average molecular weight is 552 g/mol. The maximum Gasteiger partial charge on any atom is 0.406 e. The third-order valence-electron chi connectivity index (χ3n) is 5.70. The first-order valence-electron chi connectivity index (χ1n) is 14.2. The lowest BCUT2D eigenvalue weighted by molar-refractivity contribution is 0.306. The van der Waals surface area contributed by atoms with Gasteiger partial charge in [-0.05, 0) is 66.4 Å². The van der Waals surface area contributed by atoms with Crippen LogP contribution in [0.25, 0.3) is 21.5 Å². The summed E-state index contributed by atoms with van der Waals surface area (Å²) in [4.78, 5) is 0. The van der Waals surface area contributed by atoms with Gasteiger partial charge in [0, 0.05) is 22.1 Å². The molecule has 0 aliphatic carbocycles. The van der Waals surface area contributed by atoms with Crippen LogP contribution in [0.5, 0.6) is 11.5 Å². The molecule has 6 nitrogen and oxygen atoms in total. The summed E-state index contributed by atoms with van der Waals surface area (Å²) >= 11 is 0. The molecule has 214 valence electrons. The minimum Gasteiger partial charge on any atom is -0.508 e. The minimum absolute atomic E-state index is 0.224. The molecular weight excluding hydrogens is 510 g/mol. The average Bonchev–Trinajstić information content (AvgIpc) is 2.99. The second-order valence-electron chi connectivity index (χ2n) is 8.81. The predicted molar refractivity (Wildman–Crippen MR) is 178 cm³/mol. The van der Waals surface area contributed by atoms with Gasteiger partial charge < -0.3 is 30.3 Å². The Labute approximate surface area is 245 Å². The molecule has 5 aromatic rings. The first kappa shape index (κ1) is 33.1. The molecule has 0 amide bonds. The van der Waals surface area contributed by atoms with E-state index in [4.69, 9.17) is 4.74 Å². The maximum atomic E-state index is 9.54. The monoisotopic (exact) mass is 552 g/mol. The lowest BCUT2D eigenvalue weighted by atomic mass is 9.88. The highest BCUT2D eigenvalue weighted by molar-refractivity contribution is 6.53. The van der Waals surface area contributed by atoms with Crippen molar-refractivity contribution in [1.82, 2.24) is 0 Å². The zero-order valence-corrected chi connectivity index (χ0v) is 24.9. The Hall–Kier alpha value is -4.13. The predicted octanol–water partition coefficient (Wildman–Crippen LogP) is 8.06. The summed E-state index contributed by atoms with van der Waals surface area (Å²) in [5, 5.41) is 38.2. The van der Waals surface area contributed by atoms with Crippen molar-refractivity contribution in [1.29, 1.82) is 0 Å². The van der Waals surface area contributed by atoms with Crippen LogP contribution in [-0.4, -0.2) is 29.3 Å². The fourth-order valence-corrected chi connectivity index (χ4v) is 4.04. The molecule has 0 bridgehead atoms. The number of nitrogens with one attached hydrogen (secondary N) is 2. The van der Waals surface area contributed by atoms with Crippen LogP contribution in [0.4, 0.5) is 11.4 Å². The van der Waals surface area contributed by atoms with Gasteiger partial charge in [-0.2, -0.15) is 0 Å². The van der Waals surface area contributed by atoms with Gasteiger partial charge in [0.1, 0.15) is 18.1 Å². The van der Waals surface area contributed by atoms with Crippen LogP contribution in [0.2, 0.25) is 13.6 Å². The summed E-state index contributed by atoms with van der Waals surface area (Å²) in [7, 11) is -1.21. The summed E-state index contributed by atoms with van der Waals surface area (Å²) in [5.41, 5.74) is 2.86. The molecule has 0 spiro atoms. The van der Waals surface area contributed by atoms with Crippen LogP contribution in [-0.2, 0) is 6.61 Å². The van der Waals surface area contributed by atoms with Crippen molar-refractivity contribution in [2.75, 3.05) is 10.5 Å². The topological polar surface area (TPSA) is 94.0 Å². The molecule has 41 heavy (non-hydrogen) atoms. The van der Waals surface area contributed by atoms with E-state index in [0.717, 1.165) is 44.2 Å². The number of fused-ring (bicyclic) bond motifs is 2. The third-order valence-corrected chi connectivity index (χ3v) is 5.70. The molecule has 0 fully saturated rings. The normalized spacial score (nSPS) is 9.66. The smallest absolute Gasteiger partial charge is 0.406 e. The fourth-order valence-electron chi connectivity index (χ4n) is 4.04. The van der Waals surface area contributed by atoms with Crippen molar-refractivity contribution in [3.05, 3.63) is 109 Å². The summed E-state index contributed by atoms with van der Waals surface area (Å²) in [5.74, 6) is 1.04. The minimum atomic E-state index is -0.613. The van der Waals surface area contributed by atoms with Crippen LogP contribution >= 0.6 is 0 Å². The Morgan fingerprint density at radius 3 is 1.66 bits per heavy atom. The van der Waals surface area contributed by atoms with Gasteiger partial charge in [-0.25, -0.2) is 0 Å². The lowest BCUT2D eigenvalue weighted by Crippen LogP contribution is -2.19. The van der Waals surface area contributed by atoms with Gasteiger partial charge in [-0.1, -0.05) is 94.4 Å². The molecule has 5 aromatic carbocycles. The van der Waals surface area contributed by atoms with E-state index in [2.05, 4.69) is 10.5 Å². The number of rotatable bonds is 7. The number of benzene rings is 5. The first-order chi connectivity index (χ1) is 19.9. The zero-order valence-electron chi connectivity index (χ0n) is 24.9. The van der Waals surface area contributed by atoms with Crippen molar-refractivity contribution in [3.8, 4) is 11.5 Å². The second kappa shape index (κ2) is 17.5. The molecule has 0 aliphatic heterocycles. The number of hydrogen-bond donors (Lipinski definition) is 5. The fraction of sp³-hybridized carbons (Fsp3) is 0.212. The van der Waals surface area contributed by atoms with Crippen LogP contribution < -0.4 is 15.2 Å². The third kappa shape index (κ3) is 10.4. The molecule has 0 aromatic heterocycles. The standard InChI is InChI=1S/C18H18BNO2.C11H12BNO2.2C2H6/c1-19(21)20-18-9-5-8-15-10-11-16(12-17(15)18)22-13-14-6-3-2-4-7-14;1-12(15)13-11-4-2-3-8-5-6-9(14)7-10(8)11;2*1-2/h2-12,20-21H,13H2,1H3;2-7,13-15H,1H3;2*1-2H3. The SMILES string of the molecule is CB(O)Nc1cccc2ccc(O)cc12.CB(O)Nc1cccc2ccc(OCc3ccccc3)cc12.CC.CC. The molecule has 0 unspecified atom stereocenters. The molecule has 0 radical (unpaired) electrons. The van der Waals surface area contributed by atoms with Gasteiger partial charge in [-0.15, -0.1) is 0 Å². The Morgan fingerprint density at radius 1 is 0.610 bits per heavy atom. The summed E-state index contributed by atoms with van der Waals surface area (Å²) < 4.78 is 5.87. The van der Waals surface area contributed by atoms with Crippen LogP contribution in [0.3, 0.4) is 0 Å². The number of ether oxygens (including phenoxy) is 1. The number of hydrogen-bond acceptors (Lipinski definition) is 6. The van der Waals surface area contributed by atoms with E-state index in [1.807, 2.05) is 119 Å². The Balaban J connectivity index is 0.000000270. The van der Waals surface area contributed by atoms with Crippen LogP contribution in [0, 0.1) is 0 Å². The second-order valence-corrected chi connectivity index (χ2v) is 8.81. The highest BCUT2D eigenvalue weighted by Gasteiger charge is 2.08. The van der Waals surface area contributed by atoms with E-state index in [9.17, 15) is 15.2 Å². The van der Waals surface area contributed by atoms with Gasteiger partial charge in [-0.3, -0.25) is 0 Å². The van der Waals surface area contributed by atoms with E-state index in [-0.39, 0.29) is 5.75 Å². The molecule has 0 heterocycles. The first-order valence-corrected chi connectivity index (χ1v) is 14.2. The van der Waals surface area contributed by atoms with E-state index in [0.29, 0.717) is 6.61 Å². The maximum absolute atomic E-state index is 9.54. The lowest BCUT2D eigenvalue weighted by Gasteiger charge is -2.12. The Bertz CT molecular complexity index is 1460. The van der Waals surface area contributed by atoms with Gasteiger partial charge in [0.05, 0.1) is 0 Å². The highest BCUT2D eigenvalue weighted by atomic mass is 16.5. The number of phenols is 1. The van der Waals surface area contributed by atoms with Crippen LogP contribution in [0.15, 0.2) is 103 Å². The number of anilines is 2. The van der Waals surface area contributed by atoms with Gasteiger partial charge in [0.2, 0.25) is 0 Å². The molecule has 5 rings (SSSR count). The van der Waals surface area contributed by atoms with E-state index in [1.165, 1.54) is 0 Å². The van der Waals surface area contributed by atoms with E-state index < -0.39 is 14.1 Å². The quantitative estimate of drug-likeness (QED) is 0.131. The van der Waals surface area contributed by atoms with Crippen molar-refractivity contribution >= 4 is 47.0 Å². The summed E-state index contributed by atoms with van der Waals surface area (Å²) in [6, 6.07) is 33.0. The van der Waals surface area contributed by atoms with E-state index in [1.54, 1.807) is 25.8 Å². The molecule has 8 heteroatoms. The molecule has 5 N–H and O–H groups in total. The molecule has 0 saturated carbocycles. The van der Waals surface area contributed by atoms with Crippen molar-refractivity contribution in [2.24, 2.45) is 0 Å². The zero-order chi connectivity index (χ0) is 30.2. The number of aromatic hydroxyl groups is 1. The van der Waals surface area contributed by atoms with Crippen molar-refractivity contribution in [2.45, 2.75) is 47.9 Å². The molecule has 0 aliphatic rings. The van der Waals surface area contributed by atoms with Gasteiger partial charge >= 0.3 is 14.1 Å². The summed E-state index contributed by atoms with van der Waals surface area (Å²) in [6.45, 7) is 11.9. The highest BCUT2D eigenvalue weighted by Crippen LogP contribution is 2.28. The summed E-state index contributed by atoms with van der Waals surface area (Å²) in [6.07, 6.45) is 0. The molecule has 0 saturated heterocycles. The number of phenolic OH excluding ortho intramolecular Hbond substituents is 1. The van der Waals surface area contributed by atoms with Crippen molar-refractivity contribution < 1.29 is 19.9 Å². The Morgan fingerprint density at radius 2 is 1.12 bits per heavy atom. The molecule has 0 atom stereocenters. The van der Waals surface area contributed by atoms with E-state index >= 15 is 0 Å². The Kier molecular flexibility index (Phi) is 14.1. The largest absolute Gasteiger partial charge is 0.508 e. The van der Waals surface area contributed by atoms with Crippen LogP contribution in [0.1, 0.15) is 33.3 Å².